The lowest BCUT2D eigenvalue weighted by molar-refractivity contribution is 0.0697. The van der Waals surface area contributed by atoms with Crippen molar-refractivity contribution in [1.29, 1.82) is 0 Å². The normalized spacial score (nSPS) is 17.3. The topological polar surface area (TPSA) is 70.4 Å². The zero-order chi connectivity index (χ0) is 26.3. The Bertz CT molecular complexity index is 1460. The van der Waals surface area contributed by atoms with Crippen LogP contribution in [0.2, 0.25) is 0 Å². The van der Waals surface area contributed by atoms with E-state index < -0.39 is 5.97 Å². The minimum Gasteiger partial charge on any atom is -0.478 e. The largest absolute Gasteiger partial charge is 0.478 e. The van der Waals surface area contributed by atoms with Crippen molar-refractivity contribution in [3.05, 3.63) is 113 Å². The maximum atomic E-state index is 11.6. The number of anilines is 1. The first-order chi connectivity index (χ1) is 17.8. The van der Waals surface area contributed by atoms with E-state index in [9.17, 15) is 9.90 Å². The first-order valence-electron chi connectivity index (χ1n) is 12.4. The Balaban J connectivity index is 1.65. The van der Waals surface area contributed by atoms with E-state index >= 15 is 0 Å². The van der Waals surface area contributed by atoms with E-state index in [4.69, 9.17) is 12.2 Å². The molecule has 7 heteroatoms. The molecule has 0 saturated carbocycles. The zero-order valence-electron chi connectivity index (χ0n) is 21.3. The molecule has 37 heavy (non-hydrogen) atoms. The summed E-state index contributed by atoms with van der Waals surface area (Å²) in [5.74, 6) is -0.503. The highest BCUT2D eigenvalue weighted by atomic mass is 32.1. The molecule has 1 saturated heterocycles. The zero-order valence-corrected chi connectivity index (χ0v) is 22.2. The van der Waals surface area contributed by atoms with Crippen molar-refractivity contribution >= 4 is 29.0 Å². The van der Waals surface area contributed by atoms with E-state index in [-0.39, 0.29) is 17.6 Å². The second kappa shape index (κ2) is 9.82. The van der Waals surface area contributed by atoms with Crippen LogP contribution in [-0.4, -0.2) is 25.7 Å². The number of aromatic nitrogens is 2. The van der Waals surface area contributed by atoms with Gasteiger partial charge in [0.15, 0.2) is 5.11 Å². The summed E-state index contributed by atoms with van der Waals surface area (Å²) in [5, 5.41) is 13.7. The molecule has 0 amide bonds. The first kappa shape index (κ1) is 24.7. The molecular formula is C30H30N4O2S. The third-order valence-electron chi connectivity index (χ3n) is 7.08. The number of aromatic carboxylic acids is 1. The van der Waals surface area contributed by atoms with Crippen LogP contribution in [0.25, 0.3) is 5.69 Å². The second-order valence-electron chi connectivity index (χ2n) is 9.76. The molecule has 2 atom stereocenters. The summed E-state index contributed by atoms with van der Waals surface area (Å²) in [4.78, 5) is 18.5. The van der Waals surface area contributed by atoms with Gasteiger partial charge < -0.3 is 19.9 Å². The highest BCUT2D eigenvalue weighted by Crippen LogP contribution is 2.44. The number of pyridine rings is 1. The monoisotopic (exact) mass is 510 g/mol. The lowest BCUT2D eigenvalue weighted by Gasteiger charge is -2.28. The molecule has 2 aromatic heterocycles. The van der Waals surface area contributed by atoms with E-state index in [1.54, 1.807) is 24.4 Å². The summed E-state index contributed by atoms with van der Waals surface area (Å²) < 4.78 is 2.11. The van der Waals surface area contributed by atoms with E-state index in [0.717, 1.165) is 34.0 Å². The Labute approximate surface area is 222 Å². The molecule has 0 spiro atoms. The predicted octanol–water partition coefficient (Wildman–Crippen LogP) is 6.49. The molecule has 0 aliphatic carbocycles. The average Bonchev–Trinajstić information content (AvgIpc) is 3.39. The van der Waals surface area contributed by atoms with E-state index in [1.807, 2.05) is 31.2 Å². The van der Waals surface area contributed by atoms with Gasteiger partial charge in [0.1, 0.15) is 0 Å². The minimum atomic E-state index is -0.943. The number of hydrogen-bond donors (Lipinski definition) is 2. The van der Waals surface area contributed by atoms with Crippen LogP contribution in [0, 0.1) is 13.8 Å². The van der Waals surface area contributed by atoms with Crippen molar-refractivity contribution in [2.24, 2.45) is 0 Å². The van der Waals surface area contributed by atoms with Crippen molar-refractivity contribution < 1.29 is 9.90 Å². The number of nitrogens with one attached hydrogen (secondary N) is 1. The molecule has 0 bridgehead atoms. The van der Waals surface area contributed by atoms with Gasteiger partial charge in [-0.05, 0) is 91.6 Å². The number of benzene rings is 2. The molecule has 2 N–H and O–H groups in total. The van der Waals surface area contributed by atoms with Gasteiger partial charge >= 0.3 is 5.97 Å². The van der Waals surface area contributed by atoms with Gasteiger partial charge in [-0.1, -0.05) is 38.1 Å². The molecule has 4 aromatic rings. The van der Waals surface area contributed by atoms with Crippen LogP contribution in [0.5, 0.6) is 0 Å². The predicted molar refractivity (Wildman–Crippen MR) is 151 cm³/mol. The van der Waals surface area contributed by atoms with Gasteiger partial charge in [0.25, 0.3) is 0 Å². The van der Waals surface area contributed by atoms with Crippen LogP contribution in [0.15, 0.2) is 79.0 Å². The highest BCUT2D eigenvalue weighted by Gasteiger charge is 2.42. The van der Waals surface area contributed by atoms with Gasteiger partial charge in [-0.3, -0.25) is 4.98 Å². The number of carboxylic acids is 1. The first-order valence-corrected chi connectivity index (χ1v) is 12.8. The van der Waals surface area contributed by atoms with Crippen molar-refractivity contribution in [2.45, 2.75) is 45.7 Å². The molecule has 6 nitrogen and oxygen atoms in total. The number of carboxylic acid groups (broad SMARTS) is 1. The molecule has 1 aliphatic heterocycles. The highest BCUT2D eigenvalue weighted by molar-refractivity contribution is 7.80. The van der Waals surface area contributed by atoms with Crippen LogP contribution in [0.3, 0.4) is 0 Å². The van der Waals surface area contributed by atoms with E-state index in [2.05, 4.69) is 70.9 Å². The standard InChI is InChI=1S/C30H30N4O2S/c1-18(2)21-11-13-23(14-12-21)34-28(27(32-30(34)37)26-10-5-6-15-31-26)25-16-19(3)33(20(25)4)24-9-7-8-22(17-24)29(35)36/h5-18,27-28H,1-4H3,(H,32,37)(H,35,36)/t27-,28-/m1/s1. The van der Waals surface area contributed by atoms with Gasteiger partial charge in [-0.15, -0.1) is 0 Å². The number of aryl methyl sites for hydroxylation is 1. The lowest BCUT2D eigenvalue weighted by atomic mass is 9.96. The van der Waals surface area contributed by atoms with Crippen molar-refractivity contribution in [2.75, 3.05) is 4.90 Å². The number of thiocarbonyl (C=S) groups is 1. The fourth-order valence-corrected chi connectivity index (χ4v) is 5.58. The summed E-state index contributed by atoms with van der Waals surface area (Å²) in [5.41, 5.74) is 7.43. The smallest absolute Gasteiger partial charge is 0.335 e. The molecule has 5 rings (SSSR count). The molecule has 188 valence electrons. The fraction of sp³-hybridized carbons (Fsp3) is 0.233. The van der Waals surface area contributed by atoms with Crippen LogP contribution >= 0.6 is 12.2 Å². The Hall–Kier alpha value is -3.97. The van der Waals surface area contributed by atoms with Crippen LogP contribution in [0.1, 0.15) is 70.4 Å². The Kier molecular flexibility index (Phi) is 6.56. The summed E-state index contributed by atoms with van der Waals surface area (Å²) in [6.45, 7) is 8.49. The lowest BCUT2D eigenvalue weighted by Crippen LogP contribution is -2.29. The summed E-state index contributed by atoms with van der Waals surface area (Å²) in [6, 6.07) is 23.4. The summed E-state index contributed by atoms with van der Waals surface area (Å²) in [7, 11) is 0. The number of nitrogens with zero attached hydrogens (tertiary/aromatic N) is 3. The van der Waals surface area contributed by atoms with Crippen molar-refractivity contribution in [1.82, 2.24) is 14.9 Å². The van der Waals surface area contributed by atoms with E-state index in [0.29, 0.717) is 11.0 Å². The van der Waals surface area contributed by atoms with E-state index in [1.165, 1.54) is 5.56 Å². The average molecular weight is 511 g/mol. The minimum absolute atomic E-state index is 0.144. The third kappa shape index (κ3) is 4.51. The SMILES string of the molecule is Cc1cc([C@@H]2[C@@H](c3ccccn3)NC(=S)N2c2ccc(C(C)C)cc2)c(C)n1-c1cccc(C(=O)O)c1. The molecule has 2 aromatic carbocycles. The van der Waals surface area contributed by atoms with Crippen LogP contribution < -0.4 is 10.2 Å². The van der Waals surface area contributed by atoms with Gasteiger partial charge in [0.05, 0.1) is 23.3 Å². The quantitative estimate of drug-likeness (QED) is 0.289. The fourth-order valence-electron chi connectivity index (χ4n) is 5.23. The van der Waals surface area contributed by atoms with Crippen molar-refractivity contribution in [3.8, 4) is 5.69 Å². The Morgan fingerprint density at radius 2 is 1.76 bits per heavy atom. The molecular weight excluding hydrogens is 480 g/mol. The molecule has 0 radical (unpaired) electrons. The summed E-state index contributed by atoms with van der Waals surface area (Å²) in [6.07, 6.45) is 1.80. The number of rotatable bonds is 6. The van der Waals surface area contributed by atoms with Crippen LogP contribution in [-0.2, 0) is 0 Å². The molecule has 0 unspecified atom stereocenters. The Morgan fingerprint density at radius 1 is 1.00 bits per heavy atom. The third-order valence-corrected chi connectivity index (χ3v) is 7.39. The molecule has 3 heterocycles. The molecule has 1 fully saturated rings. The van der Waals surface area contributed by atoms with Gasteiger partial charge in [-0.25, -0.2) is 4.79 Å². The molecule has 1 aliphatic rings. The van der Waals surface area contributed by atoms with Gasteiger partial charge in [0.2, 0.25) is 0 Å². The summed E-state index contributed by atoms with van der Waals surface area (Å²) >= 11 is 5.90. The number of hydrogen-bond acceptors (Lipinski definition) is 3. The number of carbonyl (C=O) groups is 1. The maximum absolute atomic E-state index is 11.6. The van der Waals surface area contributed by atoms with Crippen molar-refractivity contribution in [3.63, 3.8) is 0 Å². The second-order valence-corrected chi connectivity index (χ2v) is 10.1. The van der Waals surface area contributed by atoms with Gasteiger partial charge in [0, 0.05) is 29.0 Å². The Morgan fingerprint density at radius 3 is 2.41 bits per heavy atom. The van der Waals surface area contributed by atoms with Gasteiger partial charge in [-0.2, -0.15) is 0 Å². The van der Waals surface area contributed by atoms with Crippen LogP contribution in [0.4, 0.5) is 5.69 Å². The maximum Gasteiger partial charge on any atom is 0.335 e.